The van der Waals surface area contributed by atoms with Crippen LogP contribution < -0.4 is 10.5 Å². The van der Waals surface area contributed by atoms with Crippen molar-refractivity contribution >= 4 is 17.6 Å². The van der Waals surface area contributed by atoms with Gasteiger partial charge in [-0.2, -0.15) is 0 Å². The van der Waals surface area contributed by atoms with Crippen molar-refractivity contribution in [2.45, 2.75) is 6.04 Å². The second-order valence-electron chi connectivity index (χ2n) is 3.59. The van der Waals surface area contributed by atoms with Gasteiger partial charge in [-0.05, 0) is 17.7 Å². The molecule has 0 amide bonds. The highest BCUT2D eigenvalue weighted by atomic mass is 35.5. The van der Waals surface area contributed by atoms with E-state index in [1.165, 1.54) is 7.11 Å². The Hall–Kier alpha value is -1.30. The number of nitrogens with two attached hydrogens (primary N) is 1. The zero-order chi connectivity index (χ0) is 13.5. The molecule has 1 rings (SSSR count). The highest BCUT2D eigenvalue weighted by molar-refractivity contribution is 6.32. The fourth-order valence-electron chi connectivity index (χ4n) is 1.34. The Morgan fingerprint density at radius 1 is 1.44 bits per heavy atom. The van der Waals surface area contributed by atoms with Gasteiger partial charge >= 0.3 is 5.97 Å². The van der Waals surface area contributed by atoms with Gasteiger partial charge in [-0.3, -0.25) is 0 Å². The van der Waals surface area contributed by atoms with Crippen LogP contribution in [0.3, 0.4) is 0 Å². The van der Waals surface area contributed by atoms with Crippen molar-refractivity contribution in [1.29, 1.82) is 0 Å². The van der Waals surface area contributed by atoms with Gasteiger partial charge in [0.25, 0.3) is 0 Å². The lowest BCUT2D eigenvalue weighted by Gasteiger charge is -2.13. The lowest BCUT2D eigenvalue weighted by atomic mass is 10.1. The van der Waals surface area contributed by atoms with E-state index in [0.717, 1.165) is 5.56 Å². The summed E-state index contributed by atoms with van der Waals surface area (Å²) < 4.78 is 14.6. The number of halogens is 1. The molecule has 0 saturated carbocycles. The van der Waals surface area contributed by atoms with Gasteiger partial charge in [-0.1, -0.05) is 17.7 Å². The SMILES string of the molecule is COC(=O)COCC(N)c1ccc(OC)c(Cl)c1. The number of rotatable bonds is 6. The van der Waals surface area contributed by atoms with Crippen molar-refractivity contribution in [3.05, 3.63) is 28.8 Å². The first-order chi connectivity index (χ1) is 8.58. The molecule has 18 heavy (non-hydrogen) atoms. The molecule has 1 atom stereocenters. The predicted molar refractivity (Wildman–Crippen MR) is 67.8 cm³/mol. The number of hydrogen-bond donors (Lipinski definition) is 1. The molecular formula is C12H16ClNO4. The molecule has 0 aliphatic rings. The Kier molecular flexibility index (Phi) is 5.91. The number of benzene rings is 1. The predicted octanol–water partition coefficient (Wildman–Crippen LogP) is 1.54. The second kappa shape index (κ2) is 7.20. The highest BCUT2D eigenvalue weighted by Crippen LogP contribution is 2.26. The fourth-order valence-corrected chi connectivity index (χ4v) is 1.60. The minimum atomic E-state index is -0.435. The van der Waals surface area contributed by atoms with Crippen molar-refractivity contribution in [2.75, 3.05) is 27.4 Å². The van der Waals surface area contributed by atoms with Gasteiger partial charge in [-0.25, -0.2) is 4.79 Å². The van der Waals surface area contributed by atoms with Crippen LogP contribution in [-0.4, -0.2) is 33.4 Å². The molecule has 0 aliphatic heterocycles. The summed E-state index contributed by atoms with van der Waals surface area (Å²) in [5.74, 6) is 0.151. The average Bonchev–Trinajstić information content (AvgIpc) is 2.38. The third-order valence-corrected chi connectivity index (χ3v) is 2.64. The largest absolute Gasteiger partial charge is 0.495 e. The maximum absolute atomic E-state index is 10.8. The minimum Gasteiger partial charge on any atom is -0.495 e. The molecule has 0 aromatic heterocycles. The number of ether oxygens (including phenoxy) is 3. The van der Waals surface area contributed by atoms with E-state index in [9.17, 15) is 4.79 Å². The van der Waals surface area contributed by atoms with E-state index in [1.54, 1.807) is 25.3 Å². The molecule has 1 aromatic carbocycles. The zero-order valence-electron chi connectivity index (χ0n) is 10.3. The summed E-state index contributed by atoms with van der Waals surface area (Å²) in [5, 5.41) is 0.485. The molecule has 0 spiro atoms. The lowest BCUT2D eigenvalue weighted by molar-refractivity contribution is -0.146. The van der Waals surface area contributed by atoms with Gasteiger partial charge in [0.2, 0.25) is 0 Å². The standard InChI is InChI=1S/C12H16ClNO4/c1-16-11-4-3-8(5-9(11)13)10(14)6-18-7-12(15)17-2/h3-5,10H,6-7,14H2,1-2H3. The molecule has 0 fully saturated rings. The molecular weight excluding hydrogens is 258 g/mol. The maximum Gasteiger partial charge on any atom is 0.331 e. The van der Waals surface area contributed by atoms with Crippen molar-refractivity contribution < 1.29 is 19.0 Å². The van der Waals surface area contributed by atoms with Crippen LogP contribution in [0.1, 0.15) is 11.6 Å². The molecule has 5 nitrogen and oxygen atoms in total. The maximum atomic E-state index is 10.8. The molecule has 100 valence electrons. The molecule has 0 saturated heterocycles. The van der Waals surface area contributed by atoms with Crippen LogP contribution in [-0.2, 0) is 14.3 Å². The number of esters is 1. The number of carbonyl (C=O) groups is 1. The van der Waals surface area contributed by atoms with Crippen molar-refractivity contribution in [3.8, 4) is 5.75 Å². The molecule has 0 aliphatic carbocycles. The third kappa shape index (κ3) is 4.18. The molecule has 0 bridgehead atoms. The van der Waals surface area contributed by atoms with E-state index >= 15 is 0 Å². The molecule has 1 unspecified atom stereocenters. The monoisotopic (exact) mass is 273 g/mol. The molecule has 0 radical (unpaired) electrons. The quantitative estimate of drug-likeness (QED) is 0.796. The molecule has 0 heterocycles. The summed E-state index contributed by atoms with van der Waals surface area (Å²) in [6.45, 7) is 0.0891. The molecule has 6 heteroatoms. The van der Waals surface area contributed by atoms with Crippen LogP contribution in [0.4, 0.5) is 0 Å². The van der Waals surface area contributed by atoms with Crippen LogP contribution in [0.15, 0.2) is 18.2 Å². The summed E-state index contributed by atoms with van der Waals surface area (Å²) in [6, 6.07) is 4.89. The van der Waals surface area contributed by atoms with E-state index in [0.29, 0.717) is 10.8 Å². The Bertz CT molecular complexity index is 411. The van der Waals surface area contributed by atoms with Gasteiger partial charge in [0.1, 0.15) is 12.4 Å². The number of methoxy groups -OCH3 is 2. The van der Waals surface area contributed by atoms with E-state index < -0.39 is 5.97 Å². The van der Waals surface area contributed by atoms with E-state index in [-0.39, 0.29) is 19.3 Å². The van der Waals surface area contributed by atoms with Crippen LogP contribution in [0, 0.1) is 0 Å². The van der Waals surface area contributed by atoms with Crippen molar-refractivity contribution in [1.82, 2.24) is 0 Å². The molecule has 1 aromatic rings. The Morgan fingerprint density at radius 2 is 2.17 bits per heavy atom. The van der Waals surface area contributed by atoms with Crippen molar-refractivity contribution in [2.24, 2.45) is 5.73 Å². The Labute approximate surface area is 111 Å². The summed E-state index contributed by atoms with van der Waals surface area (Å²) in [6.07, 6.45) is 0. The van der Waals surface area contributed by atoms with Crippen molar-refractivity contribution in [3.63, 3.8) is 0 Å². The molecule has 2 N–H and O–H groups in total. The minimum absolute atomic E-state index is 0.117. The summed E-state index contributed by atoms with van der Waals surface area (Å²) >= 11 is 5.99. The number of carbonyl (C=O) groups excluding carboxylic acids is 1. The first-order valence-electron chi connectivity index (χ1n) is 5.32. The summed E-state index contributed by atoms with van der Waals surface area (Å²) in [7, 11) is 2.84. The van der Waals surface area contributed by atoms with Gasteiger partial charge in [0.05, 0.1) is 31.9 Å². The van der Waals surface area contributed by atoms with E-state index in [2.05, 4.69) is 4.74 Å². The van der Waals surface area contributed by atoms with E-state index in [1.807, 2.05) is 0 Å². The van der Waals surface area contributed by atoms with Crippen LogP contribution in [0.2, 0.25) is 5.02 Å². The smallest absolute Gasteiger partial charge is 0.331 e. The average molecular weight is 274 g/mol. The zero-order valence-corrected chi connectivity index (χ0v) is 11.1. The van der Waals surface area contributed by atoms with Gasteiger partial charge in [0, 0.05) is 0 Å². The van der Waals surface area contributed by atoms with Gasteiger partial charge in [-0.15, -0.1) is 0 Å². The first kappa shape index (κ1) is 14.8. The highest BCUT2D eigenvalue weighted by Gasteiger charge is 2.10. The normalized spacial score (nSPS) is 12.0. The summed E-state index contributed by atoms with van der Waals surface area (Å²) in [5.41, 5.74) is 6.72. The third-order valence-electron chi connectivity index (χ3n) is 2.35. The van der Waals surface area contributed by atoms with Crippen LogP contribution >= 0.6 is 11.6 Å². The van der Waals surface area contributed by atoms with E-state index in [4.69, 9.17) is 26.8 Å². The topological polar surface area (TPSA) is 70.8 Å². The Balaban J connectivity index is 2.53. The van der Waals surface area contributed by atoms with Gasteiger partial charge < -0.3 is 19.9 Å². The fraction of sp³-hybridized carbons (Fsp3) is 0.417. The number of hydrogen-bond acceptors (Lipinski definition) is 5. The Morgan fingerprint density at radius 3 is 2.72 bits per heavy atom. The lowest BCUT2D eigenvalue weighted by Crippen LogP contribution is -2.20. The summed E-state index contributed by atoms with van der Waals surface area (Å²) in [4.78, 5) is 10.8. The van der Waals surface area contributed by atoms with Crippen LogP contribution in [0.25, 0.3) is 0 Å². The first-order valence-corrected chi connectivity index (χ1v) is 5.70. The second-order valence-corrected chi connectivity index (χ2v) is 4.00. The van der Waals surface area contributed by atoms with Gasteiger partial charge in [0.15, 0.2) is 0 Å². The van der Waals surface area contributed by atoms with Crippen LogP contribution in [0.5, 0.6) is 5.75 Å².